The molecule has 0 aliphatic rings. The number of carbonyl (C=O) groups excluding carboxylic acids is 1. The number of nitrogens with two attached hydrogens (primary N) is 1. The maximum atomic E-state index is 11.8. The first-order valence-corrected chi connectivity index (χ1v) is 9.24. The number of benzene rings is 2. The van der Waals surface area contributed by atoms with E-state index in [2.05, 4.69) is 25.8 Å². The van der Waals surface area contributed by atoms with Crippen LogP contribution in [0.15, 0.2) is 59.1 Å². The van der Waals surface area contributed by atoms with E-state index in [4.69, 9.17) is 10.3 Å². The molecule has 3 N–H and O–H groups in total. The summed E-state index contributed by atoms with van der Waals surface area (Å²) < 4.78 is 5.61. The van der Waals surface area contributed by atoms with Crippen molar-refractivity contribution in [2.75, 3.05) is 0 Å². The zero-order valence-electron chi connectivity index (χ0n) is 15.9. The van der Waals surface area contributed by atoms with Crippen LogP contribution in [0.25, 0.3) is 22.7 Å². The van der Waals surface area contributed by atoms with Crippen molar-refractivity contribution in [3.63, 3.8) is 0 Å². The SMILES string of the molecule is Cc1noc(-c2ccccc2)c1CC(CC(N)=O)c1cccc(-c2nn[nH]n2)c1. The topological polar surface area (TPSA) is 124 Å². The fourth-order valence-electron chi connectivity index (χ4n) is 3.46. The molecule has 0 bridgehead atoms. The first kappa shape index (κ1) is 18.5. The maximum Gasteiger partial charge on any atom is 0.218 e. The van der Waals surface area contributed by atoms with Gasteiger partial charge in [-0.15, -0.1) is 10.2 Å². The second-order valence-electron chi connectivity index (χ2n) is 6.87. The Morgan fingerprint density at radius 2 is 1.93 bits per heavy atom. The predicted octanol–water partition coefficient (Wildman–Crippen LogP) is 3.03. The number of rotatable bonds is 7. The largest absolute Gasteiger partial charge is 0.370 e. The number of aromatic nitrogens is 5. The van der Waals surface area contributed by atoms with Crippen LogP contribution >= 0.6 is 0 Å². The zero-order chi connectivity index (χ0) is 20.2. The van der Waals surface area contributed by atoms with Crippen LogP contribution < -0.4 is 5.73 Å². The Morgan fingerprint density at radius 1 is 1.14 bits per heavy atom. The molecule has 4 rings (SSSR count). The van der Waals surface area contributed by atoms with Crippen LogP contribution in [0.2, 0.25) is 0 Å². The standard InChI is InChI=1S/C21H20N6O2/c1-13-18(20(29-25-13)14-6-3-2-4-7-14)11-17(12-19(22)28)15-8-5-9-16(10-15)21-23-26-27-24-21/h2-10,17H,11-12H2,1H3,(H2,22,28)(H,23,24,26,27). The van der Waals surface area contributed by atoms with Gasteiger partial charge in [0.15, 0.2) is 5.76 Å². The summed E-state index contributed by atoms with van der Waals surface area (Å²) in [7, 11) is 0. The van der Waals surface area contributed by atoms with Crippen molar-refractivity contribution in [3.8, 4) is 22.7 Å². The highest BCUT2D eigenvalue weighted by Gasteiger charge is 2.23. The number of primary amides is 1. The van der Waals surface area contributed by atoms with Gasteiger partial charge in [-0.1, -0.05) is 53.7 Å². The molecule has 0 saturated heterocycles. The van der Waals surface area contributed by atoms with Crippen LogP contribution in [-0.4, -0.2) is 31.7 Å². The molecule has 1 atom stereocenters. The fourth-order valence-corrected chi connectivity index (χ4v) is 3.46. The summed E-state index contributed by atoms with van der Waals surface area (Å²) in [6.07, 6.45) is 0.771. The van der Waals surface area contributed by atoms with Crippen molar-refractivity contribution in [3.05, 3.63) is 71.4 Å². The minimum absolute atomic E-state index is 0.139. The van der Waals surface area contributed by atoms with E-state index in [9.17, 15) is 4.79 Å². The second kappa shape index (κ2) is 8.05. The van der Waals surface area contributed by atoms with Crippen LogP contribution in [0, 0.1) is 6.92 Å². The average Bonchev–Trinajstić information content (AvgIpc) is 3.39. The van der Waals surface area contributed by atoms with Crippen molar-refractivity contribution in [1.82, 2.24) is 25.8 Å². The molecule has 0 aliphatic heterocycles. The van der Waals surface area contributed by atoms with Gasteiger partial charge in [0.2, 0.25) is 11.7 Å². The number of hydrogen-bond acceptors (Lipinski definition) is 6. The first-order chi connectivity index (χ1) is 14.1. The number of hydrogen-bond donors (Lipinski definition) is 2. The van der Waals surface area contributed by atoms with Gasteiger partial charge in [0, 0.05) is 23.1 Å². The van der Waals surface area contributed by atoms with Gasteiger partial charge >= 0.3 is 0 Å². The van der Waals surface area contributed by atoms with Crippen LogP contribution in [0.5, 0.6) is 0 Å². The summed E-state index contributed by atoms with van der Waals surface area (Å²) in [5.74, 6) is 0.706. The molecule has 0 saturated carbocycles. The van der Waals surface area contributed by atoms with Gasteiger partial charge < -0.3 is 10.3 Å². The Morgan fingerprint density at radius 3 is 2.66 bits per heavy atom. The van der Waals surface area contributed by atoms with Crippen LogP contribution in [0.1, 0.15) is 29.2 Å². The molecular weight excluding hydrogens is 368 g/mol. The number of nitrogens with zero attached hydrogens (tertiary/aromatic N) is 4. The molecule has 2 aromatic heterocycles. The smallest absolute Gasteiger partial charge is 0.218 e. The van der Waals surface area contributed by atoms with Crippen LogP contribution in [-0.2, 0) is 11.2 Å². The maximum absolute atomic E-state index is 11.8. The summed E-state index contributed by atoms with van der Waals surface area (Å²) in [6, 6.07) is 17.5. The van der Waals surface area contributed by atoms with Crippen molar-refractivity contribution in [1.29, 1.82) is 0 Å². The molecule has 4 aromatic rings. The van der Waals surface area contributed by atoms with Crippen LogP contribution in [0.3, 0.4) is 0 Å². The van der Waals surface area contributed by atoms with E-state index in [1.165, 1.54) is 0 Å². The molecule has 0 spiro atoms. The number of H-pyrrole nitrogens is 1. The molecule has 0 fully saturated rings. The highest BCUT2D eigenvalue weighted by Crippen LogP contribution is 2.33. The summed E-state index contributed by atoms with van der Waals surface area (Å²) in [5, 5.41) is 18.3. The van der Waals surface area contributed by atoms with Gasteiger partial charge in [-0.25, -0.2) is 0 Å². The normalized spacial score (nSPS) is 12.0. The Kier molecular flexibility index (Phi) is 5.15. The third-order valence-corrected chi connectivity index (χ3v) is 4.88. The summed E-state index contributed by atoms with van der Waals surface area (Å²) >= 11 is 0. The lowest BCUT2D eigenvalue weighted by Gasteiger charge is -2.17. The monoisotopic (exact) mass is 388 g/mol. The van der Waals surface area contributed by atoms with Crippen molar-refractivity contribution in [2.24, 2.45) is 5.73 Å². The van der Waals surface area contributed by atoms with Gasteiger partial charge in [-0.3, -0.25) is 4.79 Å². The van der Waals surface area contributed by atoms with Gasteiger partial charge in [0.05, 0.1) is 5.69 Å². The minimum Gasteiger partial charge on any atom is -0.370 e. The molecule has 8 nitrogen and oxygen atoms in total. The summed E-state index contributed by atoms with van der Waals surface area (Å²) in [5.41, 5.74) is 10.1. The molecule has 2 heterocycles. The molecule has 29 heavy (non-hydrogen) atoms. The molecule has 1 unspecified atom stereocenters. The lowest BCUT2D eigenvalue weighted by atomic mass is 9.87. The Labute approximate surface area is 167 Å². The molecule has 1 amide bonds. The Hall–Kier alpha value is -3.81. The number of aryl methyl sites for hydroxylation is 1. The number of carbonyl (C=O) groups is 1. The van der Waals surface area contributed by atoms with Gasteiger partial charge in [-0.05, 0) is 36.1 Å². The molecule has 146 valence electrons. The number of tetrazole rings is 1. The zero-order valence-corrected chi connectivity index (χ0v) is 15.9. The molecule has 0 aliphatic carbocycles. The van der Waals surface area contributed by atoms with E-state index >= 15 is 0 Å². The van der Waals surface area contributed by atoms with Crippen molar-refractivity contribution < 1.29 is 9.32 Å². The average molecular weight is 388 g/mol. The molecule has 0 radical (unpaired) electrons. The Bertz CT molecular complexity index is 1110. The fraction of sp³-hybridized carbons (Fsp3) is 0.190. The summed E-state index contributed by atoms with van der Waals surface area (Å²) in [4.78, 5) is 11.8. The molecule has 2 aromatic carbocycles. The summed E-state index contributed by atoms with van der Waals surface area (Å²) in [6.45, 7) is 1.91. The highest BCUT2D eigenvalue weighted by molar-refractivity contribution is 5.75. The molecular formula is C21H20N6O2. The van der Waals surface area contributed by atoms with Crippen molar-refractivity contribution in [2.45, 2.75) is 25.7 Å². The number of nitrogens with one attached hydrogen (secondary N) is 1. The third-order valence-electron chi connectivity index (χ3n) is 4.88. The lowest BCUT2D eigenvalue weighted by molar-refractivity contribution is -0.118. The van der Waals surface area contributed by atoms with Crippen LogP contribution in [0.4, 0.5) is 0 Å². The second-order valence-corrected chi connectivity index (χ2v) is 6.87. The van der Waals surface area contributed by atoms with E-state index < -0.39 is 0 Å². The van der Waals surface area contributed by atoms with Crippen molar-refractivity contribution >= 4 is 5.91 Å². The Balaban J connectivity index is 1.70. The highest BCUT2D eigenvalue weighted by atomic mass is 16.5. The quantitative estimate of drug-likeness (QED) is 0.501. The van der Waals surface area contributed by atoms with E-state index in [1.54, 1.807) is 0 Å². The van der Waals surface area contributed by atoms with E-state index in [-0.39, 0.29) is 18.2 Å². The van der Waals surface area contributed by atoms with Gasteiger partial charge in [-0.2, -0.15) is 5.21 Å². The lowest BCUT2D eigenvalue weighted by Crippen LogP contribution is -2.17. The van der Waals surface area contributed by atoms with E-state index in [0.717, 1.165) is 27.9 Å². The number of aromatic amines is 1. The number of amides is 1. The predicted molar refractivity (Wildman–Crippen MR) is 107 cm³/mol. The van der Waals surface area contributed by atoms with Gasteiger partial charge in [0.25, 0.3) is 0 Å². The van der Waals surface area contributed by atoms with E-state index in [0.29, 0.717) is 18.0 Å². The minimum atomic E-state index is -0.365. The third kappa shape index (κ3) is 4.06. The van der Waals surface area contributed by atoms with E-state index in [1.807, 2.05) is 61.5 Å². The van der Waals surface area contributed by atoms with Gasteiger partial charge in [0.1, 0.15) is 0 Å². The molecule has 8 heteroatoms. The first-order valence-electron chi connectivity index (χ1n) is 9.24.